The minimum absolute atomic E-state index is 0.146. The molecule has 2 aromatic carbocycles. The maximum absolute atomic E-state index is 12.8. The second-order valence-electron chi connectivity index (χ2n) is 8.05. The topological polar surface area (TPSA) is 81.4 Å². The molecule has 1 saturated carbocycles. The van der Waals surface area contributed by atoms with E-state index in [1.807, 2.05) is 6.92 Å². The molecule has 6 nitrogen and oxygen atoms in total. The Labute approximate surface area is 176 Å². The van der Waals surface area contributed by atoms with Crippen LogP contribution in [0.15, 0.2) is 64.3 Å². The summed E-state index contributed by atoms with van der Waals surface area (Å²) in [6.45, 7) is 3.90. The molecule has 0 saturated heterocycles. The lowest BCUT2D eigenvalue weighted by atomic mass is 9.77. The molecule has 152 valence electrons. The molecule has 0 unspecified atom stereocenters. The molecule has 1 fully saturated rings. The maximum Gasteiger partial charge on any atom is 0.249 e. The van der Waals surface area contributed by atoms with E-state index in [0.717, 1.165) is 36.1 Å². The minimum atomic E-state index is -0.269. The molecule has 0 radical (unpaired) electrons. The predicted molar refractivity (Wildman–Crippen MR) is 119 cm³/mol. The molecule has 6 heteroatoms. The van der Waals surface area contributed by atoms with Crippen LogP contribution in [0.1, 0.15) is 47.6 Å². The number of carbonyl (C=O) groups excluding carboxylic acids is 1. The van der Waals surface area contributed by atoms with Crippen LogP contribution in [-0.2, 0) is 4.79 Å². The highest BCUT2D eigenvalue weighted by Crippen LogP contribution is 2.44. The normalized spacial score (nSPS) is 21.7. The fourth-order valence-corrected chi connectivity index (χ4v) is 4.33. The number of amides is 1. The third-order valence-corrected chi connectivity index (χ3v) is 5.86. The van der Waals surface area contributed by atoms with Crippen LogP contribution < -0.4 is 0 Å². The van der Waals surface area contributed by atoms with Crippen molar-refractivity contribution in [3.63, 3.8) is 0 Å². The SMILES string of the molecule is Cc1ccc(/C=C2\CCC[C@@H]3C2=NN(C(=O)CN=[N+]=[N-])[C@H]3c2ccc(C)cc2)cc1. The van der Waals surface area contributed by atoms with E-state index in [0.29, 0.717) is 0 Å². The van der Waals surface area contributed by atoms with Crippen molar-refractivity contribution in [2.24, 2.45) is 16.1 Å². The summed E-state index contributed by atoms with van der Waals surface area (Å²) in [6.07, 6.45) is 5.18. The van der Waals surface area contributed by atoms with Gasteiger partial charge in [-0.05, 0) is 61.4 Å². The monoisotopic (exact) mass is 399 g/mol. The number of allylic oxidation sites excluding steroid dienone is 1. The van der Waals surface area contributed by atoms with Crippen LogP contribution >= 0.6 is 0 Å². The number of benzene rings is 2. The summed E-state index contributed by atoms with van der Waals surface area (Å²) in [5.74, 6) is -0.122. The van der Waals surface area contributed by atoms with E-state index >= 15 is 0 Å². The Morgan fingerprint density at radius 3 is 2.50 bits per heavy atom. The molecule has 1 heterocycles. The lowest BCUT2D eigenvalue weighted by Crippen LogP contribution is -2.33. The first-order valence-electron chi connectivity index (χ1n) is 10.3. The van der Waals surface area contributed by atoms with E-state index in [2.05, 4.69) is 71.6 Å². The highest BCUT2D eigenvalue weighted by molar-refractivity contribution is 6.08. The number of azide groups is 1. The zero-order valence-corrected chi connectivity index (χ0v) is 17.3. The first kappa shape index (κ1) is 19.9. The van der Waals surface area contributed by atoms with Gasteiger partial charge in [0.2, 0.25) is 5.91 Å². The van der Waals surface area contributed by atoms with Crippen LogP contribution in [0.4, 0.5) is 0 Å². The molecule has 1 aliphatic carbocycles. The lowest BCUT2D eigenvalue weighted by molar-refractivity contribution is -0.132. The van der Waals surface area contributed by atoms with Crippen molar-refractivity contribution in [1.82, 2.24) is 5.01 Å². The van der Waals surface area contributed by atoms with Gasteiger partial charge in [-0.25, -0.2) is 5.01 Å². The van der Waals surface area contributed by atoms with Crippen molar-refractivity contribution < 1.29 is 4.79 Å². The van der Waals surface area contributed by atoms with E-state index < -0.39 is 0 Å². The van der Waals surface area contributed by atoms with Gasteiger partial charge in [-0.2, -0.15) is 5.10 Å². The van der Waals surface area contributed by atoms with E-state index in [4.69, 9.17) is 10.6 Å². The number of nitrogens with zero attached hydrogens (tertiary/aromatic N) is 5. The van der Waals surface area contributed by atoms with E-state index in [-0.39, 0.29) is 24.4 Å². The molecule has 0 spiro atoms. The van der Waals surface area contributed by atoms with Gasteiger partial charge in [-0.15, -0.1) is 0 Å². The highest BCUT2D eigenvalue weighted by atomic mass is 16.2. The average Bonchev–Trinajstić information content (AvgIpc) is 3.15. The van der Waals surface area contributed by atoms with Crippen LogP contribution in [0, 0.1) is 19.8 Å². The summed E-state index contributed by atoms with van der Waals surface area (Å²) in [5.41, 5.74) is 15.4. The molecule has 2 aliphatic rings. The second-order valence-corrected chi connectivity index (χ2v) is 8.05. The number of rotatable bonds is 4. The number of hydrogen-bond donors (Lipinski definition) is 0. The fourth-order valence-electron chi connectivity index (χ4n) is 4.33. The van der Waals surface area contributed by atoms with Gasteiger partial charge < -0.3 is 0 Å². The smallest absolute Gasteiger partial charge is 0.249 e. The number of fused-ring (bicyclic) bond motifs is 1. The van der Waals surface area contributed by atoms with Crippen LogP contribution in [0.5, 0.6) is 0 Å². The molecule has 0 N–H and O–H groups in total. The van der Waals surface area contributed by atoms with Crippen molar-refractivity contribution in [2.45, 2.75) is 39.2 Å². The van der Waals surface area contributed by atoms with Crippen molar-refractivity contribution >= 4 is 17.7 Å². The van der Waals surface area contributed by atoms with Crippen LogP contribution in [0.2, 0.25) is 0 Å². The standard InChI is InChI=1S/C24H25N5O/c1-16-6-10-18(11-7-16)14-20-4-3-5-21-23(20)27-29(22(30)15-26-28-25)24(21)19-12-8-17(2)9-13-19/h6-14,21,24H,3-5,15H2,1-2H3/b20-14+/t21-,24+/m1/s1. The van der Waals surface area contributed by atoms with Crippen molar-refractivity contribution in [3.05, 3.63) is 86.8 Å². The number of carbonyl (C=O) groups is 1. The first-order chi connectivity index (χ1) is 14.6. The van der Waals surface area contributed by atoms with Gasteiger partial charge >= 0.3 is 0 Å². The molecule has 2 atom stereocenters. The lowest BCUT2D eigenvalue weighted by Gasteiger charge is -2.29. The van der Waals surface area contributed by atoms with Crippen molar-refractivity contribution in [3.8, 4) is 0 Å². The summed E-state index contributed by atoms with van der Waals surface area (Å²) >= 11 is 0. The minimum Gasteiger partial charge on any atom is -0.273 e. The summed E-state index contributed by atoms with van der Waals surface area (Å²) < 4.78 is 0. The molecule has 0 aromatic heterocycles. The van der Waals surface area contributed by atoms with Gasteiger partial charge in [0.25, 0.3) is 0 Å². The summed E-state index contributed by atoms with van der Waals surface area (Å²) in [5, 5.41) is 9.81. The largest absolute Gasteiger partial charge is 0.273 e. The number of hydrazone groups is 1. The third kappa shape index (κ3) is 4.00. The van der Waals surface area contributed by atoms with E-state index in [1.165, 1.54) is 16.7 Å². The zero-order chi connectivity index (χ0) is 21.1. The van der Waals surface area contributed by atoms with Gasteiger partial charge in [0, 0.05) is 10.8 Å². The van der Waals surface area contributed by atoms with Crippen LogP contribution in [0.3, 0.4) is 0 Å². The van der Waals surface area contributed by atoms with Crippen molar-refractivity contribution in [2.75, 3.05) is 6.54 Å². The molecular formula is C24H25N5O. The van der Waals surface area contributed by atoms with E-state index in [1.54, 1.807) is 5.01 Å². The summed E-state index contributed by atoms with van der Waals surface area (Å²) in [7, 11) is 0. The molecule has 1 aliphatic heterocycles. The average molecular weight is 399 g/mol. The van der Waals surface area contributed by atoms with Gasteiger partial charge in [0.15, 0.2) is 0 Å². The van der Waals surface area contributed by atoms with Crippen LogP contribution in [-0.4, -0.2) is 23.2 Å². The maximum atomic E-state index is 12.8. The molecular weight excluding hydrogens is 374 g/mol. The first-order valence-corrected chi connectivity index (χ1v) is 10.3. The third-order valence-electron chi connectivity index (χ3n) is 5.86. The summed E-state index contributed by atoms with van der Waals surface area (Å²) in [6, 6.07) is 16.6. The molecule has 30 heavy (non-hydrogen) atoms. The van der Waals surface area contributed by atoms with E-state index in [9.17, 15) is 4.79 Å². The zero-order valence-electron chi connectivity index (χ0n) is 17.3. The van der Waals surface area contributed by atoms with Gasteiger partial charge in [0.05, 0.1) is 11.8 Å². The molecule has 1 amide bonds. The van der Waals surface area contributed by atoms with Crippen LogP contribution in [0.25, 0.3) is 16.5 Å². The quantitative estimate of drug-likeness (QED) is 0.367. The number of aryl methyl sites for hydroxylation is 2. The summed E-state index contributed by atoms with van der Waals surface area (Å²) in [4.78, 5) is 15.6. The highest BCUT2D eigenvalue weighted by Gasteiger charge is 2.43. The predicted octanol–water partition coefficient (Wildman–Crippen LogP) is 5.74. The second kappa shape index (κ2) is 8.56. The van der Waals surface area contributed by atoms with Crippen molar-refractivity contribution in [1.29, 1.82) is 0 Å². The fraction of sp³-hybridized carbons (Fsp3) is 0.333. The Balaban J connectivity index is 1.73. The Hall–Kier alpha value is -3.37. The van der Waals surface area contributed by atoms with Gasteiger partial charge in [-0.3, -0.25) is 4.79 Å². The molecule has 4 rings (SSSR count). The Kier molecular flexibility index (Phi) is 5.68. The molecule has 2 aromatic rings. The Morgan fingerprint density at radius 2 is 1.83 bits per heavy atom. The Bertz CT molecular complexity index is 1050. The number of hydrogen-bond acceptors (Lipinski definition) is 3. The van der Waals surface area contributed by atoms with Gasteiger partial charge in [-0.1, -0.05) is 64.8 Å². The molecule has 0 bridgehead atoms. The van der Waals surface area contributed by atoms with Gasteiger partial charge in [0.1, 0.15) is 6.54 Å². The Morgan fingerprint density at radius 1 is 1.17 bits per heavy atom.